The lowest BCUT2D eigenvalue weighted by molar-refractivity contribution is -0.127. The Morgan fingerprint density at radius 1 is 0.968 bits per heavy atom. The van der Waals surface area contributed by atoms with Gasteiger partial charge in [-0.25, -0.2) is 4.79 Å². The molecule has 0 aliphatic carbocycles. The van der Waals surface area contributed by atoms with E-state index in [1.807, 2.05) is 85.8 Å². The second-order valence-corrected chi connectivity index (χ2v) is 7.45. The maximum Gasteiger partial charge on any atom is 0.408 e. The minimum Gasteiger partial charge on any atom is -0.497 e. The SMILES string of the molecule is COc1ccc(C2C(NC(=O)OCc3ccccc3)C(=O)N2c2ccc(C)cc2)cc1. The van der Waals surface area contributed by atoms with E-state index in [1.165, 1.54) is 0 Å². The van der Waals surface area contributed by atoms with E-state index in [4.69, 9.17) is 9.47 Å². The molecule has 1 N–H and O–H groups in total. The zero-order chi connectivity index (χ0) is 21.8. The predicted octanol–water partition coefficient (Wildman–Crippen LogP) is 4.39. The summed E-state index contributed by atoms with van der Waals surface area (Å²) in [5, 5.41) is 2.74. The first-order valence-corrected chi connectivity index (χ1v) is 10.1. The summed E-state index contributed by atoms with van der Waals surface area (Å²) in [6.45, 7) is 2.14. The third-order valence-electron chi connectivity index (χ3n) is 5.35. The van der Waals surface area contributed by atoms with Crippen LogP contribution in [0.5, 0.6) is 5.75 Å². The fourth-order valence-corrected chi connectivity index (χ4v) is 3.66. The summed E-state index contributed by atoms with van der Waals surface area (Å²) < 4.78 is 10.6. The van der Waals surface area contributed by atoms with E-state index in [-0.39, 0.29) is 18.6 Å². The Balaban J connectivity index is 1.52. The van der Waals surface area contributed by atoms with Crippen LogP contribution in [0.3, 0.4) is 0 Å². The van der Waals surface area contributed by atoms with Gasteiger partial charge in [0.25, 0.3) is 5.91 Å². The number of β-lactam (4-membered cyclic amide) rings is 1. The fourth-order valence-electron chi connectivity index (χ4n) is 3.66. The molecular weight excluding hydrogens is 392 g/mol. The van der Waals surface area contributed by atoms with Crippen LogP contribution < -0.4 is 15.0 Å². The lowest BCUT2D eigenvalue weighted by atomic mass is 9.87. The number of aryl methyl sites for hydroxylation is 1. The summed E-state index contributed by atoms with van der Waals surface area (Å²) >= 11 is 0. The lowest BCUT2D eigenvalue weighted by Crippen LogP contribution is -2.66. The molecule has 1 aliphatic rings. The van der Waals surface area contributed by atoms with E-state index in [1.54, 1.807) is 12.0 Å². The van der Waals surface area contributed by atoms with Crippen molar-refractivity contribution in [1.29, 1.82) is 0 Å². The van der Waals surface area contributed by atoms with Crippen LogP contribution in [0.15, 0.2) is 78.9 Å². The molecule has 3 aromatic carbocycles. The highest BCUT2D eigenvalue weighted by atomic mass is 16.5. The lowest BCUT2D eigenvalue weighted by Gasteiger charge is -2.47. The Kier molecular flexibility index (Phi) is 5.89. The van der Waals surface area contributed by atoms with Crippen molar-refractivity contribution < 1.29 is 19.1 Å². The van der Waals surface area contributed by atoms with Gasteiger partial charge in [0.2, 0.25) is 0 Å². The normalized spacial score (nSPS) is 17.6. The molecule has 2 atom stereocenters. The number of alkyl carbamates (subject to hydrolysis) is 1. The number of anilines is 1. The molecule has 1 fully saturated rings. The molecule has 0 spiro atoms. The summed E-state index contributed by atoms with van der Waals surface area (Å²) in [5.41, 5.74) is 3.67. The van der Waals surface area contributed by atoms with Crippen molar-refractivity contribution in [1.82, 2.24) is 5.32 Å². The van der Waals surface area contributed by atoms with Crippen molar-refractivity contribution in [3.8, 4) is 5.75 Å². The van der Waals surface area contributed by atoms with Gasteiger partial charge in [0.05, 0.1) is 13.2 Å². The van der Waals surface area contributed by atoms with E-state index in [9.17, 15) is 9.59 Å². The van der Waals surface area contributed by atoms with Gasteiger partial charge < -0.3 is 19.7 Å². The van der Waals surface area contributed by atoms with Gasteiger partial charge in [-0.05, 0) is 42.3 Å². The first kappa shape index (κ1) is 20.5. The molecule has 31 heavy (non-hydrogen) atoms. The summed E-state index contributed by atoms with van der Waals surface area (Å²) in [6.07, 6.45) is -0.621. The molecule has 1 aliphatic heterocycles. The number of methoxy groups -OCH3 is 1. The third-order valence-corrected chi connectivity index (χ3v) is 5.35. The Morgan fingerprint density at radius 2 is 1.65 bits per heavy atom. The van der Waals surface area contributed by atoms with Gasteiger partial charge >= 0.3 is 6.09 Å². The Morgan fingerprint density at radius 3 is 2.29 bits per heavy atom. The molecule has 6 nitrogen and oxygen atoms in total. The van der Waals surface area contributed by atoms with Crippen LogP contribution in [-0.2, 0) is 16.1 Å². The zero-order valence-electron chi connectivity index (χ0n) is 17.4. The molecule has 0 bridgehead atoms. The van der Waals surface area contributed by atoms with Gasteiger partial charge in [-0.1, -0.05) is 60.2 Å². The van der Waals surface area contributed by atoms with Crippen molar-refractivity contribution in [2.45, 2.75) is 25.6 Å². The van der Waals surface area contributed by atoms with Gasteiger partial charge in [0.1, 0.15) is 18.4 Å². The summed E-state index contributed by atoms with van der Waals surface area (Å²) in [5.74, 6) is 0.546. The monoisotopic (exact) mass is 416 g/mol. The zero-order valence-corrected chi connectivity index (χ0v) is 17.4. The highest BCUT2D eigenvalue weighted by Crippen LogP contribution is 2.39. The van der Waals surface area contributed by atoms with E-state index in [0.29, 0.717) is 0 Å². The first-order chi connectivity index (χ1) is 15.1. The maximum absolute atomic E-state index is 13.0. The Labute approximate surface area is 181 Å². The minimum absolute atomic E-state index is 0.141. The van der Waals surface area contributed by atoms with Crippen molar-refractivity contribution in [3.63, 3.8) is 0 Å². The Hall–Kier alpha value is -3.80. The molecule has 1 saturated heterocycles. The van der Waals surface area contributed by atoms with Crippen LogP contribution >= 0.6 is 0 Å². The second-order valence-electron chi connectivity index (χ2n) is 7.45. The topological polar surface area (TPSA) is 67.9 Å². The largest absolute Gasteiger partial charge is 0.497 e. The van der Waals surface area contributed by atoms with E-state index in [2.05, 4.69) is 5.32 Å². The number of carbonyl (C=O) groups excluding carboxylic acids is 2. The van der Waals surface area contributed by atoms with Gasteiger partial charge in [-0.15, -0.1) is 0 Å². The minimum atomic E-state index is -0.710. The number of ether oxygens (including phenoxy) is 2. The van der Waals surface area contributed by atoms with Crippen molar-refractivity contribution in [3.05, 3.63) is 95.6 Å². The molecule has 2 unspecified atom stereocenters. The van der Waals surface area contributed by atoms with Crippen molar-refractivity contribution >= 4 is 17.7 Å². The predicted molar refractivity (Wildman–Crippen MR) is 118 cm³/mol. The third kappa shape index (κ3) is 4.38. The maximum atomic E-state index is 13.0. The number of hydrogen-bond acceptors (Lipinski definition) is 4. The number of nitrogens with zero attached hydrogens (tertiary/aromatic N) is 1. The standard InChI is InChI=1S/C25H24N2O4/c1-17-8-12-20(13-9-17)27-23(19-10-14-21(30-2)15-11-19)22(24(27)28)26-25(29)31-16-18-6-4-3-5-7-18/h3-15,22-23H,16H2,1-2H3,(H,26,29). The molecule has 6 heteroatoms. The number of benzene rings is 3. The Bertz CT molecular complexity index is 1050. The first-order valence-electron chi connectivity index (χ1n) is 10.1. The van der Waals surface area contributed by atoms with Crippen LogP contribution in [0, 0.1) is 6.92 Å². The summed E-state index contributed by atoms with van der Waals surface area (Å²) in [6, 6.07) is 23.6. The van der Waals surface area contributed by atoms with Crippen LogP contribution in [0.4, 0.5) is 10.5 Å². The molecule has 158 valence electrons. The van der Waals surface area contributed by atoms with Crippen LogP contribution in [-0.4, -0.2) is 25.2 Å². The van der Waals surface area contributed by atoms with E-state index >= 15 is 0 Å². The molecule has 2 amide bonds. The van der Waals surface area contributed by atoms with Gasteiger partial charge in [0.15, 0.2) is 0 Å². The van der Waals surface area contributed by atoms with Gasteiger partial charge in [-0.2, -0.15) is 0 Å². The molecule has 0 aromatic heterocycles. The number of rotatable bonds is 6. The van der Waals surface area contributed by atoms with Crippen molar-refractivity contribution in [2.24, 2.45) is 0 Å². The smallest absolute Gasteiger partial charge is 0.408 e. The number of nitrogens with one attached hydrogen (secondary N) is 1. The van der Waals surface area contributed by atoms with E-state index < -0.39 is 12.1 Å². The van der Waals surface area contributed by atoms with Crippen molar-refractivity contribution in [2.75, 3.05) is 12.0 Å². The fraction of sp³-hybridized carbons (Fsp3) is 0.200. The highest BCUT2D eigenvalue weighted by molar-refractivity contribution is 6.07. The molecule has 0 saturated carbocycles. The molecule has 4 rings (SSSR count). The number of carbonyl (C=O) groups is 2. The summed E-state index contributed by atoms with van der Waals surface area (Å²) in [4.78, 5) is 27.1. The molecule has 1 heterocycles. The quantitative estimate of drug-likeness (QED) is 0.606. The van der Waals surface area contributed by atoms with Gasteiger partial charge in [0, 0.05) is 5.69 Å². The average molecular weight is 416 g/mol. The molecular formula is C25H24N2O4. The van der Waals surface area contributed by atoms with Crippen LogP contribution in [0.2, 0.25) is 0 Å². The second kappa shape index (κ2) is 8.92. The van der Waals surface area contributed by atoms with Crippen LogP contribution in [0.1, 0.15) is 22.7 Å². The van der Waals surface area contributed by atoms with Gasteiger partial charge in [-0.3, -0.25) is 4.79 Å². The summed E-state index contributed by atoms with van der Waals surface area (Å²) in [7, 11) is 1.60. The number of hydrogen-bond donors (Lipinski definition) is 1. The molecule has 0 radical (unpaired) electrons. The average Bonchev–Trinajstić information content (AvgIpc) is 2.81. The molecule has 3 aromatic rings. The van der Waals surface area contributed by atoms with Crippen LogP contribution in [0.25, 0.3) is 0 Å². The van der Waals surface area contributed by atoms with E-state index in [0.717, 1.165) is 28.1 Å². The highest BCUT2D eigenvalue weighted by Gasteiger charge is 2.50. The number of amides is 2.